The molecule has 0 saturated heterocycles. The molecule has 0 heterocycles. The van der Waals surface area contributed by atoms with Gasteiger partial charge in [0, 0.05) is 0 Å². The minimum atomic E-state index is -0.0225. The van der Waals surface area contributed by atoms with E-state index in [-0.39, 0.29) is 5.97 Å². The summed E-state index contributed by atoms with van der Waals surface area (Å²) in [5.41, 5.74) is 0. The highest BCUT2D eigenvalue weighted by atomic mass is 16.5. The number of unbranched alkanes of at least 4 members (excludes halogenated alkanes) is 13. The standard InChI is InChI=1S/C24H49NO2/c1-4-7-10-13-16-19-22-27-24(26)23-25(20-17-14-11-8-5-2)21-18-15-12-9-6-3/h4-23H2,1-3H3. The maximum absolute atomic E-state index is 12.2. The van der Waals surface area contributed by atoms with Crippen LogP contribution in [0.4, 0.5) is 0 Å². The summed E-state index contributed by atoms with van der Waals surface area (Å²) in [7, 11) is 0. The van der Waals surface area contributed by atoms with Gasteiger partial charge in [0.2, 0.25) is 0 Å². The number of carbonyl (C=O) groups excluding carboxylic acids is 1. The van der Waals surface area contributed by atoms with Gasteiger partial charge in [0.05, 0.1) is 13.2 Å². The van der Waals surface area contributed by atoms with Gasteiger partial charge in [-0.05, 0) is 32.4 Å². The van der Waals surface area contributed by atoms with Gasteiger partial charge in [-0.15, -0.1) is 0 Å². The topological polar surface area (TPSA) is 29.5 Å². The van der Waals surface area contributed by atoms with Crippen molar-refractivity contribution in [2.75, 3.05) is 26.2 Å². The molecule has 0 aliphatic carbocycles. The molecule has 27 heavy (non-hydrogen) atoms. The molecule has 0 fully saturated rings. The second kappa shape index (κ2) is 21.7. The highest BCUT2D eigenvalue weighted by Gasteiger charge is 2.11. The number of carbonyl (C=O) groups is 1. The average molecular weight is 384 g/mol. The largest absolute Gasteiger partial charge is 0.465 e. The van der Waals surface area contributed by atoms with Crippen molar-refractivity contribution in [2.45, 2.75) is 124 Å². The van der Waals surface area contributed by atoms with Crippen LogP contribution in [0, 0.1) is 0 Å². The second-order valence-corrected chi connectivity index (χ2v) is 8.09. The maximum Gasteiger partial charge on any atom is 0.320 e. The zero-order valence-corrected chi connectivity index (χ0v) is 18.9. The SMILES string of the molecule is CCCCCCCCOC(=O)CN(CCCCCCC)CCCCCCC. The van der Waals surface area contributed by atoms with E-state index in [0.717, 1.165) is 19.5 Å². The van der Waals surface area contributed by atoms with E-state index < -0.39 is 0 Å². The normalized spacial score (nSPS) is 11.3. The predicted octanol–water partition coefficient (Wildman–Crippen LogP) is 7.13. The van der Waals surface area contributed by atoms with E-state index in [0.29, 0.717) is 13.2 Å². The van der Waals surface area contributed by atoms with Crippen LogP contribution in [0.3, 0.4) is 0 Å². The summed E-state index contributed by atoms with van der Waals surface area (Å²) in [6.07, 6.45) is 20.3. The smallest absolute Gasteiger partial charge is 0.320 e. The average Bonchev–Trinajstić information content (AvgIpc) is 2.66. The Bertz CT molecular complexity index is 293. The molecule has 0 spiro atoms. The van der Waals surface area contributed by atoms with E-state index in [1.54, 1.807) is 0 Å². The van der Waals surface area contributed by atoms with Crippen LogP contribution in [-0.2, 0) is 9.53 Å². The van der Waals surface area contributed by atoms with E-state index in [1.807, 2.05) is 0 Å². The van der Waals surface area contributed by atoms with E-state index in [4.69, 9.17) is 4.74 Å². The molecule has 0 radical (unpaired) electrons. The molecule has 0 aromatic rings. The van der Waals surface area contributed by atoms with Crippen LogP contribution in [0.5, 0.6) is 0 Å². The Hall–Kier alpha value is -0.570. The molecule has 0 rings (SSSR count). The Balaban J connectivity index is 3.93. The van der Waals surface area contributed by atoms with Crippen molar-refractivity contribution in [1.82, 2.24) is 4.90 Å². The highest BCUT2D eigenvalue weighted by Crippen LogP contribution is 2.08. The molecule has 0 aliphatic heterocycles. The fourth-order valence-electron chi connectivity index (χ4n) is 3.44. The van der Waals surface area contributed by atoms with Gasteiger partial charge in [0.25, 0.3) is 0 Å². The summed E-state index contributed by atoms with van der Waals surface area (Å²) in [6.45, 7) is 9.92. The van der Waals surface area contributed by atoms with E-state index in [9.17, 15) is 4.79 Å². The zero-order valence-electron chi connectivity index (χ0n) is 18.9. The highest BCUT2D eigenvalue weighted by molar-refractivity contribution is 5.71. The van der Waals surface area contributed by atoms with Gasteiger partial charge in [-0.25, -0.2) is 0 Å². The van der Waals surface area contributed by atoms with Gasteiger partial charge in [0.15, 0.2) is 0 Å². The number of nitrogens with zero attached hydrogens (tertiary/aromatic N) is 1. The van der Waals surface area contributed by atoms with Gasteiger partial charge >= 0.3 is 5.97 Å². The summed E-state index contributed by atoms with van der Waals surface area (Å²) in [4.78, 5) is 14.5. The molecule has 3 nitrogen and oxygen atoms in total. The number of ether oxygens (including phenoxy) is 1. The zero-order chi connectivity index (χ0) is 20.0. The van der Waals surface area contributed by atoms with E-state index >= 15 is 0 Å². The van der Waals surface area contributed by atoms with Crippen LogP contribution < -0.4 is 0 Å². The van der Waals surface area contributed by atoms with Crippen molar-refractivity contribution in [3.63, 3.8) is 0 Å². The monoisotopic (exact) mass is 383 g/mol. The van der Waals surface area contributed by atoms with Crippen molar-refractivity contribution < 1.29 is 9.53 Å². The molecule has 0 aromatic carbocycles. The van der Waals surface area contributed by atoms with Gasteiger partial charge in [-0.1, -0.05) is 104 Å². The Morgan fingerprint density at radius 3 is 1.48 bits per heavy atom. The third kappa shape index (κ3) is 20.0. The lowest BCUT2D eigenvalue weighted by Gasteiger charge is -2.21. The van der Waals surface area contributed by atoms with Crippen LogP contribution in [0.2, 0.25) is 0 Å². The van der Waals surface area contributed by atoms with Crippen LogP contribution >= 0.6 is 0 Å². The molecule has 0 bridgehead atoms. The summed E-state index contributed by atoms with van der Waals surface area (Å²) in [5, 5.41) is 0. The Morgan fingerprint density at radius 2 is 1.00 bits per heavy atom. The maximum atomic E-state index is 12.2. The van der Waals surface area contributed by atoms with Crippen LogP contribution in [0.25, 0.3) is 0 Å². The Kier molecular flexibility index (Phi) is 21.3. The molecule has 0 aromatic heterocycles. The first-order valence-electron chi connectivity index (χ1n) is 12.1. The first kappa shape index (κ1) is 26.4. The molecule has 162 valence electrons. The Morgan fingerprint density at radius 1 is 0.593 bits per heavy atom. The lowest BCUT2D eigenvalue weighted by atomic mass is 10.1. The fraction of sp³-hybridized carbons (Fsp3) is 0.958. The van der Waals surface area contributed by atoms with E-state index in [2.05, 4.69) is 25.7 Å². The van der Waals surface area contributed by atoms with Crippen LogP contribution in [-0.4, -0.2) is 37.1 Å². The number of rotatable bonds is 21. The molecule has 0 N–H and O–H groups in total. The van der Waals surface area contributed by atoms with Crippen molar-refractivity contribution in [2.24, 2.45) is 0 Å². The molecule has 0 atom stereocenters. The number of esters is 1. The van der Waals surface area contributed by atoms with Crippen molar-refractivity contribution in [3.8, 4) is 0 Å². The van der Waals surface area contributed by atoms with Crippen LogP contribution in [0.15, 0.2) is 0 Å². The molecule has 3 heteroatoms. The third-order valence-electron chi connectivity index (χ3n) is 5.27. The minimum Gasteiger partial charge on any atom is -0.465 e. The number of hydrogen-bond acceptors (Lipinski definition) is 3. The van der Waals surface area contributed by atoms with Gasteiger partial charge in [0.1, 0.15) is 0 Å². The van der Waals surface area contributed by atoms with Gasteiger partial charge in [-0.3, -0.25) is 9.69 Å². The first-order valence-corrected chi connectivity index (χ1v) is 12.1. The minimum absolute atomic E-state index is 0.0225. The summed E-state index contributed by atoms with van der Waals surface area (Å²) >= 11 is 0. The summed E-state index contributed by atoms with van der Waals surface area (Å²) in [6, 6.07) is 0. The molecule has 0 amide bonds. The number of hydrogen-bond donors (Lipinski definition) is 0. The van der Waals surface area contributed by atoms with Gasteiger partial charge in [-0.2, -0.15) is 0 Å². The summed E-state index contributed by atoms with van der Waals surface area (Å²) in [5.74, 6) is -0.0225. The van der Waals surface area contributed by atoms with Crippen molar-refractivity contribution in [3.05, 3.63) is 0 Å². The molecular formula is C24H49NO2. The quantitative estimate of drug-likeness (QED) is 0.156. The van der Waals surface area contributed by atoms with Gasteiger partial charge < -0.3 is 4.74 Å². The fourth-order valence-corrected chi connectivity index (χ4v) is 3.44. The van der Waals surface area contributed by atoms with Crippen molar-refractivity contribution in [1.29, 1.82) is 0 Å². The Labute approximate surface area is 170 Å². The van der Waals surface area contributed by atoms with Crippen LogP contribution in [0.1, 0.15) is 124 Å². The third-order valence-corrected chi connectivity index (χ3v) is 5.27. The molecule has 0 saturated carbocycles. The molecule has 0 unspecified atom stereocenters. The lowest BCUT2D eigenvalue weighted by molar-refractivity contribution is -0.145. The first-order chi connectivity index (χ1) is 13.2. The molecule has 0 aliphatic rings. The van der Waals surface area contributed by atoms with E-state index in [1.165, 1.54) is 96.3 Å². The lowest BCUT2D eigenvalue weighted by Crippen LogP contribution is -2.33. The predicted molar refractivity (Wildman–Crippen MR) is 118 cm³/mol. The molecular weight excluding hydrogens is 334 g/mol. The van der Waals surface area contributed by atoms with Crippen molar-refractivity contribution >= 4 is 5.97 Å². The second-order valence-electron chi connectivity index (χ2n) is 8.09. The summed E-state index contributed by atoms with van der Waals surface area (Å²) < 4.78 is 5.49.